The fourth-order valence-corrected chi connectivity index (χ4v) is 2.16. The monoisotopic (exact) mass is 267 g/mol. The zero-order valence-electron chi connectivity index (χ0n) is 9.97. The van der Waals surface area contributed by atoms with Crippen molar-refractivity contribution >= 4 is 15.7 Å². The fraction of sp³-hybridized carbons (Fsp3) is 0.182. The molecule has 0 unspecified atom stereocenters. The van der Waals surface area contributed by atoms with Crippen LogP contribution in [0.1, 0.15) is 5.69 Å². The topological polar surface area (TPSA) is 84.0 Å². The Bertz CT molecular complexity index is 711. The van der Waals surface area contributed by atoms with Gasteiger partial charge in [0.1, 0.15) is 0 Å². The van der Waals surface area contributed by atoms with E-state index in [1.54, 1.807) is 31.2 Å². The molecule has 2 aromatic rings. The van der Waals surface area contributed by atoms with Gasteiger partial charge in [-0.3, -0.25) is 14.6 Å². The van der Waals surface area contributed by atoms with E-state index in [0.29, 0.717) is 11.4 Å². The van der Waals surface area contributed by atoms with Crippen molar-refractivity contribution in [2.75, 3.05) is 11.0 Å². The molecule has 0 amide bonds. The number of aromatic amines is 1. The molecule has 7 heteroatoms. The summed E-state index contributed by atoms with van der Waals surface area (Å²) >= 11 is 0. The van der Waals surface area contributed by atoms with Gasteiger partial charge in [0, 0.05) is 17.4 Å². The van der Waals surface area contributed by atoms with Gasteiger partial charge in [0.2, 0.25) is 10.0 Å². The maximum atomic E-state index is 11.6. The lowest BCUT2D eigenvalue weighted by Crippen LogP contribution is -2.14. The molecule has 0 fully saturated rings. The lowest BCUT2D eigenvalue weighted by molar-refractivity contribution is 0.607. The molecule has 2 N–H and O–H groups in total. The van der Waals surface area contributed by atoms with E-state index in [1.165, 1.54) is 10.7 Å². The van der Waals surface area contributed by atoms with E-state index in [-0.39, 0.29) is 5.56 Å². The van der Waals surface area contributed by atoms with Crippen LogP contribution in [0, 0.1) is 6.92 Å². The second kappa shape index (κ2) is 4.34. The van der Waals surface area contributed by atoms with E-state index in [0.717, 1.165) is 11.9 Å². The summed E-state index contributed by atoms with van der Waals surface area (Å²) in [6, 6.07) is 8.00. The van der Waals surface area contributed by atoms with Gasteiger partial charge in [-0.2, -0.15) is 0 Å². The molecule has 18 heavy (non-hydrogen) atoms. The number of aryl methyl sites for hydroxylation is 1. The van der Waals surface area contributed by atoms with Crippen LogP contribution < -0.4 is 10.3 Å². The molecule has 0 aliphatic heterocycles. The molecule has 1 aromatic carbocycles. The van der Waals surface area contributed by atoms with Crippen molar-refractivity contribution in [3.8, 4) is 5.69 Å². The Morgan fingerprint density at radius 2 is 1.83 bits per heavy atom. The molecule has 0 saturated heterocycles. The van der Waals surface area contributed by atoms with Gasteiger partial charge >= 0.3 is 0 Å². The third-order valence-corrected chi connectivity index (χ3v) is 2.88. The largest absolute Gasteiger partial charge is 0.295 e. The first kappa shape index (κ1) is 12.4. The number of nitrogens with one attached hydrogen (secondary N) is 2. The number of anilines is 1. The van der Waals surface area contributed by atoms with Crippen molar-refractivity contribution in [3.63, 3.8) is 0 Å². The highest BCUT2D eigenvalue weighted by molar-refractivity contribution is 7.92. The van der Waals surface area contributed by atoms with Crippen LogP contribution >= 0.6 is 0 Å². The summed E-state index contributed by atoms with van der Waals surface area (Å²) < 4.78 is 25.8. The third kappa shape index (κ3) is 2.80. The molecular weight excluding hydrogens is 254 g/mol. The Kier molecular flexibility index (Phi) is 3.00. The Hall–Kier alpha value is -2.02. The Balaban J connectivity index is 2.33. The maximum Gasteiger partial charge on any atom is 0.271 e. The Morgan fingerprint density at radius 1 is 1.22 bits per heavy atom. The van der Waals surface area contributed by atoms with Gasteiger partial charge in [-0.15, -0.1) is 0 Å². The summed E-state index contributed by atoms with van der Waals surface area (Å²) in [6.45, 7) is 1.79. The number of hydrogen-bond donors (Lipinski definition) is 2. The average Bonchev–Trinajstić information content (AvgIpc) is 2.57. The van der Waals surface area contributed by atoms with Crippen molar-refractivity contribution < 1.29 is 8.42 Å². The van der Waals surface area contributed by atoms with Crippen molar-refractivity contribution in [1.82, 2.24) is 9.78 Å². The van der Waals surface area contributed by atoms with Gasteiger partial charge < -0.3 is 0 Å². The minimum atomic E-state index is -3.29. The van der Waals surface area contributed by atoms with Crippen molar-refractivity contribution in [1.29, 1.82) is 0 Å². The first-order valence-corrected chi connectivity index (χ1v) is 7.11. The predicted octanol–water partition coefficient (Wildman–Crippen LogP) is 0.846. The Labute approximate surface area is 104 Å². The van der Waals surface area contributed by atoms with Gasteiger partial charge in [-0.05, 0) is 31.2 Å². The normalized spacial score (nSPS) is 11.4. The molecule has 0 atom stereocenters. The molecule has 0 spiro atoms. The number of sulfonamides is 1. The van der Waals surface area contributed by atoms with Crippen LogP contribution in [-0.4, -0.2) is 24.5 Å². The maximum absolute atomic E-state index is 11.6. The lowest BCUT2D eigenvalue weighted by Gasteiger charge is -2.05. The molecule has 0 saturated carbocycles. The summed E-state index contributed by atoms with van der Waals surface area (Å²) in [4.78, 5) is 11.6. The lowest BCUT2D eigenvalue weighted by atomic mass is 10.3. The highest BCUT2D eigenvalue weighted by atomic mass is 32.2. The van der Waals surface area contributed by atoms with Crippen LogP contribution in [-0.2, 0) is 10.0 Å². The summed E-state index contributed by atoms with van der Waals surface area (Å²) in [6.07, 6.45) is 1.08. The summed E-state index contributed by atoms with van der Waals surface area (Å²) in [5, 5.41) is 2.89. The SMILES string of the molecule is Cc1cc(=O)n(-c2ccc(NS(C)(=O)=O)cc2)[nH]1. The minimum absolute atomic E-state index is 0.156. The molecule has 1 heterocycles. The van der Waals surface area contributed by atoms with E-state index in [1.807, 2.05) is 0 Å². The van der Waals surface area contributed by atoms with Gasteiger partial charge in [0.25, 0.3) is 5.56 Å². The number of nitrogens with zero attached hydrogens (tertiary/aromatic N) is 1. The molecule has 6 nitrogen and oxygen atoms in total. The third-order valence-electron chi connectivity index (χ3n) is 2.28. The number of hydrogen-bond acceptors (Lipinski definition) is 3. The van der Waals surface area contributed by atoms with Crippen molar-refractivity contribution in [2.45, 2.75) is 6.92 Å². The van der Waals surface area contributed by atoms with Crippen LogP contribution in [0.5, 0.6) is 0 Å². The summed E-state index contributed by atoms with van der Waals surface area (Å²) in [7, 11) is -3.29. The molecule has 0 aliphatic carbocycles. The number of benzene rings is 1. The fourth-order valence-electron chi connectivity index (χ4n) is 1.60. The second-order valence-corrected chi connectivity index (χ2v) is 5.78. The number of rotatable bonds is 3. The van der Waals surface area contributed by atoms with Crippen molar-refractivity contribution in [2.24, 2.45) is 0 Å². The van der Waals surface area contributed by atoms with Gasteiger partial charge in [0.15, 0.2) is 0 Å². The zero-order chi connectivity index (χ0) is 13.3. The van der Waals surface area contributed by atoms with E-state index in [4.69, 9.17) is 0 Å². The molecule has 0 bridgehead atoms. The van der Waals surface area contributed by atoms with Gasteiger partial charge in [-0.1, -0.05) is 0 Å². The van der Waals surface area contributed by atoms with Crippen LogP contribution in [0.15, 0.2) is 35.1 Å². The standard InChI is InChI=1S/C11H13N3O3S/c1-8-7-11(15)14(12-8)10-5-3-9(4-6-10)13-18(2,16)17/h3-7,12-13H,1-2H3. The van der Waals surface area contributed by atoms with E-state index in [2.05, 4.69) is 9.82 Å². The Morgan fingerprint density at radius 3 is 2.28 bits per heavy atom. The smallest absolute Gasteiger partial charge is 0.271 e. The minimum Gasteiger partial charge on any atom is -0.295 e. The zero-order valence-corrected chi connectivity index (χ0v) is 10.8. The molecule has 96 valence electrons. The first-order valence-electron chi connectivity index (χ1n) is 5.22. The average molecular weight is 267 g/mol. The predicted molar refractivity (Wildman–Crippen MR) is 69.6 cm³/mol. The van der Waals surface area contributed by atoms with Crippen molar-refractivity contribution in [3.05, 3.63) is 46.4 Å². The summed E-state index contributed by atoms with van der Waals surface area (Å²) in [5.41, 5.74) is 1.71. The van der Waals surface area contributed by atoms with E-state index >= 15 is 0 Å². The second-order valence-electron chi connectivity index (χ2n) is 4.03. The molecule has 1 aromatic heterocycles. The molecule has 0 radical (unpaired) electrons. The molecule has 0 aliphatic rings. The summed E-state index contributed by atoms with van der Waals surface area (Å²) in [5.74, 6) is 0. The van der Waals surface area contributed by atoms with Crippen LogP contribution in [0.25, 0.3) is 5.69 Å². The molecular formula is C11H13N3O3S. The first-order chi connectivity index (χ1) is 8.35. The van der Waals surface area contributed by atoms with Crippen LogP contribution in [0.4, 0.5) is 5.69 Å². The van der Waals surface area contributed by atoms with E-state index in [9.17, 15) is 13.2 Å². The highest BCUT2D eigenvalue weighted by Gasteiger charge is 2.04. The number of aromatic nitrogens is 2. The van der Waals surface area contributed by atoms with Crippen LogP contribution in [0.3, 0.4) is 0 Å². The van der Waals surface area contributed by atoms with Gasteiger partial charge in [0.05, 0.1) is 11.9 Å². The van der Waals surface area contributed by atoms with E-state index < -0.39 is 10.0 Å². The quantitative estimate of drug-likeness (QED) is 0.864. The highest BCUT2D eigenvalue weighted by Crippen LogP contribution is 2.12. The van der Waals surface area contributed by atoms with Gasteiger partial charge in [-0.25, -0.2) is 13.1 Å². The van der Waals surface area contributed by atoms with Crippen LogP contribution in [0.2, 0.25) is 0 Å². The number of H-pyrrole nitrogens is 1. The molecule has 2 rings (SSSR count).